The Morgan fingerprint density at radius 1 is 1.08 bits per heavy atom. The number of ether oxygens (including phenoxy) is 2. The lowest BCUT2D eigenvalue weighted by molar-refractivity contribution is 0.395. The van der Waals surface area contributed by atoms with Crippen molar-refractivity contribution in [2.75, 3.05) is 14.2 Å². The molecule has 0 radical (unpaired) electrons. The van der Waals surface area contributed by atoms with Crippen LogP contribution in [0.5, 0.6) is 11.5 Å². The molecule has 0 fully saturated rings. The molecule has 2 heterocycles. The molecule has 0 aliphatic rings. The lowest BCUT2D eigenvalue weighted by atomic mass is 10.0. The second kappa shape index (κ2) is 7.51. The third-order valence-corrected chi connectivity index (χ3v) is 4.66. The van der Waals surface area contributed by atoms with Crippen LogP contribution in [0.1, 0.15) is 13.3 Å². The molecule has 8 heteroatoms. The predicted molar refractivity (Wildman–Crippen MR) is 105 cm³/mol. The summed E-state index contributed by atoms with van der Waals surface area (Å²) in [5.41, 5.74) is 0.908. The van der Waals surface area contributed by atoms with Gasteiger partial charge in [-0.05, 0) is 13.0 Å². The van der Waals surface area contributed by atoms with Gasteiger partial charge in [-0.25, -0.2) is 9.97 Å². The van der Waals surface area contributed by atoms with Gasteiger partial charge in [0, 0.05) is 30.3 Å². The zero-order valence-corrected chi connectivity index (χ0v) is 15.6. The molecule has 1 aromatic carbocycles. The first kappa shape index (κ1) is 20.0. The van der Waals surface area contributed by atoms with Crippen molar-refractivity contribution in [2.45, 2.75) is 14.4 Å². The van der Waals surface area contributed by atoms with Gasteiger partial charge in [0.25, 0.3) is 5.56 Å². The summed E-state index contributed by atoms with van der Waals surface area (Å²) in [6.07, 6.45) is 1.65. The van der Waals surface area contributed by atoms with Crippen LogP contribution < -0.4 is 15.0 Å². The van der Waals surface area contributed by atoms with Crippen LogP contribution in [0.3, 0.4) is 0 Å². The number of pyridine rings is 1. The van der Waals surface area contributed by atoms with Crippen molar-refractivity contribution in [3.8, 4) is 22.6 Å². The van der Waals surface area contributed by atoms with Gasteiger partial charge in [0.2, 0.25) is 0 Å². The van der Waals surface area contributed by atoms with Gasteiger partial charge >= 0.3 is 0 Å². The second-order valence-electron chi connectivity index (χ2n) is 5.40. The maximum absolute atomic E-state index is 12.9. The van der Waals surface area contributed by atoms with Crippen molar-refractivity contribution in [2.24, 2.45) is 7.05 Å². The molecule has 6 nitrogen and oxygen atoms in total. The third-order valence-electron chi connectivity index (χ3n) is 3.91. The predicted octanol–water partition coefficient (Wildman–Crippen LogP) is 4.26. The number of benzene rings is 1. The molecule has 0 saturated carbocycles. The third kappa shape index (κ3) is 3.10. The molecular formula is C18H19Cl2N3O3. The molecule has 26 heavy (non-hydrogen) atoms. The molecule has 138 valence electrons. The summed E-state index contributed by atoms with van der Waals surface area (Å²) < 4.78 is 12.0. The molecule has 0 unspecified atom stereocenters. The highest BCUT2D eigenvalue weighted by Crippen LogP contribution is 2.45. The van der Waals surface area contributed by atoms with E-state index in [0.717, 1.165) is 0 Å². The Kier molecular flexibility index (Phi) is 5.78. The Hall–Kier alpha value is -2.31. The zero-order chi connectivity index (χ0) is 18.3. The molecule has 0 saturated heterocycles. The Labute approximate surface area is 161 Å². The van der Waals surface area contributed by atoms with E-state index in [-0.39, 0.29) is 23.0 Å². The smallest absolute Gasteiger partial charge is 0.259 e. The van der Waals surface area contributed by atoms with Gasteiger partial charge in [0.15, 0.2) is 0 Å². The number of hydrogen-bond acceptors (Lipinski definition) is 5. The molecule has 0 bridgehead atoms. The van der Waals surface area contributed by atoms with E-state index in [1.54, 1.807) is 32.3 Å². The van der Waals surface area contributed by atoms with Crippen LogP contribution in [0, 0.1) is 6.92 Å². The molecule has 3 rings (SSSR count). The van der Waals surface area contributed by atoms with Crippen molar-refractivity contribution in [1.29, 1.82) is 0 Å². The van der Waals surface area contributed by atoms with Crippen LogP contribution in [0.25, 0.3) is 22.2 Å². The zero-order valence-electron chi connectivity index (χ0n) is 14.1. The molecule has 0 spiro atoms. The maximum atomic E-state index is 12.9. The Morgan fingerprint density at radius 2 is 1.65 bits per heavy atom. The Morgan fingerprint density at radius 3 is 2.19 bits per heavy atom. The van der Waals surface area contributed by atoms with E-state index < -0.39 is 0 Å². The highest BCUT2D eigenvalue weighted by Gasteiger charge is 2.22. The molecule has 0 N–H and O–H groups in total. The lowest BCUT2D eigenvalue weighted by Gasteiger charge is -2.15. The number of aromatic nitrogens is 3. The molecule has 2 aromatic heterocycles. The second-order valence-corrected chi connectivity index (χ2v) is 6.16. The van der Waals surface area contributed by atoms with Crippen molar-refractivity contribution in [1.82, 2.24) is 14.5 Å². The minimum absolute atomic E-state index is 0. The summed E-state index contributed by atoms with van der Waals surface area (Å²) in [5.74, 6) is 1.30. The van der Waals surface area contributed by atoms with E-state index in [1.165, 1.54) is 18.8 Å². The SMILES string of the molecule is C.COc1cc(OC)c(Cl)c(-c2cc3cnc(C)nc3n(C)c2=O)c1Cl. The van der Waals surface area contributed by atoms with Gasteiger partial charge in [-0.1, -0.05) is 30.6 Å². The van der Waals surface area contributed by atoms with Gasteiger partial charge in [0.05, 0.1) is 29.8 Å². The first-order valence-electron chi connectivity index (χ1n) is 7.32. The van der Waals surface area contributed by atoms with Crippen molar-refractivity contribution in [3.05, 3.63) is 44.6 Å². The summed E-state index contributed by atoms with van der Waals surface area (Å²) in [4.78, 5) is 21.4. The monoisotopic (exact) mass is 395 g/mol. The van der Waals surface area contributed by atoms with E-state index in [0.29, 0.717) is 39.5 Å². The standard InChI is InChI=1S/C17H15Cl2N3O3.CH4/c1-8-20-7-9-5-10(17(23)22(2)16(9)21-8)13-14(18)11(24-3)6-12(25-4)15(13)19;/h5-7H,1-4H3;1H4. The first-order chi connectivity index (χ1) is 11.9. The van der Waals surface area contributed by atoms with Crippen LogP contribution in [0.15, 0.2) is 23.1 Å². The highest BCUT2D eigenvalue weighted by molar-refractivity contribution is 6.41. The molecule has 0 aliphatic carbocycles. The van der Waals surface area contributed by atoms with Gasteiger partial charge < -0.3 is 9.47 Å². The van der Waals surface area contributed by atoms with Crippen LogP contribution >= 0.6 is 23.2 Å². The van der Waals surface area contributed by atoms with Crippen LogP contribution in [-0.4, -0.2) is 28.8 Å². The quantitative estimate of drug-likeness (QED) is 0.662. The van der Waals surface area contributed by atoms with Crippen molar-refractivity contribution in [3.63, 3.8) is 0 Å². The van der Waals surface area contributed by atoms with Crippen molar-refractivity contribution < 1.29 is 9.47 Å². The lowest BCUT2D eigenvalue weighted by Crippen LogP contribution is -2.20. The number of methoxy groups -OCH3 is 2. The number of nitrogens with zero attached hydrogens (tertiary/aromatic N) is 3. The van der Waals surface area contributed by atoms with Gasteiger partial charge in [0.1, 0.15) is 23.0 Å². The average molecular weight is 396 g/mol. The van der Waals surface area contributed by atoms with Gasteiger partial charge in [-0.2, -0.15) is 0 Å². The first-order valence-corrected chi connectivity index (χ1v) is 8.08. The normalized spacial score (nSPS) is 10.5. The van der Waals surface area contributed by atoms with E-state index >= 15 is 0 Å². The Balaban J connectivity index is 0.00000243. The molecule has 0 atom stereocenters. The largest absolute Gasteiger partial charge is 0.495 e. The molecule has 0 amide bonds. The fourth-order valence-electron chi connectivity index (χ4n) is 2.63. The van der Waals surface area contributed by atoms with Crippen LogP contribution in [0.2, 0.25) is 10.0 Å². The van der Waals surface area contributed by atoms with Crippen LogP contribution in [-0.2, 0) is 7.05 Å². The van der Waals surface area contributed by atoms with Crippen LogP contribution in [0.4, 0.5) is 0 Å². The number of rotatable bonds is 3. The van der Waals surface area contributed by atoms with E-state index in [4.69, 9.17) is 32.7 Å². The minimum atomic E-state index is -0.287. The maximum Gasteiger partial charge on any atom is 0.259 e. The summed E-state index contributed by atoms with van der Waals surface area (Å²) in [7, 11) is 4.60. The van der Waals surface area contributed by atoms with Crippen molar-refractivity contribution >= 4 is 34.2 Å². The topological polar surface area (TPSA) is 66.2 Å². The number of fused-ring (bicyclic) bond motifs is 1. The number of aryl methyl sites for hydroxylation is 2. The number of halogens is 2. The molecule has 3 aromatic rings. The molecular weight excluding hydrogens is 377 g/mol. The van der Waals surface area contributed by atoms with E-state index in [1.807, 2.05) is 0 Å². The van der Waals surface area contributed by atoms with E-state index in [9.17, 15) is 4.79 Å². The summed E-state index contributed by atoms with van der Waals surface area (Å²) in [5, 5.41) is 1.16. The van der Waals surface area contributed by atoms with Gasteiger partial charge in [-0.3, -0.25) is 9.36 Å². The number of hydrogen-bond donors (Lipinski definition) is 0. The summed E-state index contributed by atoms with van der Waals surface area (Å²) >= 11 is 12.9. The molecule has 0 aliphatic heterocycles. The average Bonchev–Trinajstić information content (AvgIpc) is 2.60. The summed E-state index contributed by atoms with van der Waals surface area (Å²) in [6.45, 7) is 1.76. The Bertz CT molecular complexity index is 1020. The fourth-order valence-corrected chi connectivity index (χ4v) is 3.34. The summed E-state index contributed by atoms with van der Waals surface area (Å²) in [6, 6.07) is 3.25. The van der Waals surface area contributed by atoms with Gasteiger partial charge in [-0.15, -0.1) is 0 Å². The van der Waals surface area contributed by atoms with E-state index in [2.05, 4.69) is 9.97 Å². The fraction of sp³-hybridized carbons (Fsp3) is 0.278. The highest BCUT2D eigenvalue weighted by atomic mass is 35.5. The minimum Gasteiger partial charge on any atom is -0.495 e.